The first-order chi connectivity index (χ1) is 8.26. The van der Waals surface area contributed by atoms with Crippen LogP contribution in [0.2, 0.25) is 0 Å². The van der Waals surface area contributed by atoms with Crippen molar-refractivity contribution in [3.63, 3.8) is 0 Å². The van der Waals surface area contributed by atoms with Crippen molar-refractivity contribution in [2.24, 2.45) is 5.73 Å². The van der Waals surface area contributed by atoms with E-state index in [-0.39, 0.29) is 17.9 Å². The van der Waals surface area contributed by atoms with Crippen LogP contribution in [0.25, 0.3) is 0 Å². The van der Waals surface area contributed by atoms with E-state index in [0.717, 1.165) is 30.8 Å². The molecule has 0 aliphatic heterocycles. The van der Waals surface area contributed by atoms with Gasteiger partial charge in [0.25, 0.3) is 0 Å². The Balaban J connectivity index is 1.99. The second kappa shape index (κ2) is 5.79. The summed E-state index contributed by atoms with van der Waals surface area (Å²) < 4.78 is 1.85. The van der Waals surface area contributed by atoms with Crippen LogP contribution in [-0.2, 0) is 0 Å². The van der Waals surface area contributed by atoms with Crippen molar-refractivity contribution in [3.05, 3.63) is 0 Å². The highest BCUT2D eigenvalue weighted by atomic mass is 32.2. The smallest absolute Gasteiger partial charge is 0.209 e. The summed E-state index contributed by atoms with van der Waals surface area (Å²) in [5.74, 6) is 0. The first-order valence-corrected chi connectivity index (χ1v) is 6.95. The molecule has 0 bridgehead atoms. The molecule has 2 unspecified atom stereocenters. The van der Waals surface area contributed by atoms with Gasteiger partial charge in [0.15, 0.2) is 0 Å². The molecule has 3 N–H and O–H groups in total. The van der Waals surface area contributed by atoms with E-state index < -0.39 is 0 Å². The minimum atomic E-state index is -0.0292. The van der Waals surface area contributed by atoms with Crippen LogP contribution in [0.15, 0.2) is 5.16 Å². The van der Waals surface area contributed by atoms with E-state index in [2.05, 4.69) is 22.4 Å². The van der Waals surface area contributed by atoms with Gasteiger partial charge in [-0.2, -0.15) is 0 Å². The van der Waals surface area contributed by atoms with E-state index >= 15 is 0 Å². The predicted octanol–water partition coefficient (Wildman–Crippen LogP) is 0.588. The van der Waals surface area contributed by atoms with Crippen LogP contribution < -0.4 is 5.73 Å². The summed E-state index contributed by atoms with van der Waals surface area (Å²) in [6, 6.07) is 0.439. The Labute approximate surface area is 105 Å². The summed E-state index contributed by atoms with van der Waals surface area (Å²) in [6.45, 7) is 2.15. The van der Waals surface area contributed by atoms with Gasteiger partial charge >= 0.3 is 0 Å². The summed E-state index contributed by atoms with van der Waals surface area (Å²) in [6.07, 6.45) is 4.21. The number of nitrogens with zero attached hydrogens (tertiary/aromatic N) is 4. The largest absolute Gasteiger partial charge is 0.395 e. The molecular formula is C10H19N5OS. The average molecular weight is 257 g/mol. The molecule has 96 valence electrons. The number of aliphatic hydroxyl groups excluding tert-OH is 1. The third-order valence-corrected chi connectivity index (χ3v) is 4.17. The Morgan fingerprint density at radius 2 is 2.35 bits per heavy atom. The van der Waals surface area contributed by atoms with Gasteiger partial charge in [-0.15, -0.1) is 5.10 Å². The highest BCUT2D eigenvalue weighted by Gasteiger charge is 2.29. The number of hydrogen-bond acceptors (Lipinski definition) is 6. The lowest BCUT2D eigenvalue weighted by Crippen LogP contribution is -2.35. The SMILES string of the molecule is CCCC(N)C(CO)Sc1nnnn1C1CC1. The molecule has 1 saturated carbocycles. The molecule has 6 nitrogen and oxygen atoms in total. The molecular weight excluding hydrogens is 238 g/mol. The van der Waals surface area contributed by atoms with Crippen LogP contribution in [0.1, 0.15) is 38.6 Å². The Bertz CT molecular complexity index is 354. The van der Waals surface area contributed by atoms with Crippen LogP contribution in [0.5, 0.6) is 0 Å². The zero-order valence-corrected chi connectivity index (χ0v) is 10.8. The van der Waals surface area contributed by atoms with Crippen LogP contribution in [0.4, 0.5) is 0 Å². The molecule has 1 aromatic heterocycles. The van der Waals surface area contributed by atoms with Crippen molar-refractivity contribution in [1.29, 1.82) is 0 Å². The molecule has 2 atom stereocenters. The molecule has 0 spiro atoms. The van der Waals surface area contributed by atoms with E-state index in [1.54, 1.807) is 0 Å². The van der Waals surface area contributed by atoms with Crippen molar-refractivity contribution in [1.82, 2.24) is 20.2 Å². The number of aliphatic hydroxyl groups is 1. The molecule has 0 saturated heterocycles. The van der Waals surface area contributed by atoms with Crippen molar-refractivity contribution >= 4 is 11.8 Å². The molecule has 1 aliphatic carbocycles. The Morgan fingerprint density at radius 1 is 1.59 bits per heavy atom. The van der Waals surface area contributed by atoms with Gasteiger partial charge in [0, 0.05) is 6.04 Å². The number of thioether (sulfide) groups is 1. The predicted molar refractivity (Wildman–Crippen MR) is 65.7 cm³/mol. The lowest BCUT2D eigenvalue weighted by atomic mass is 10.1. The monoisotopic (exact) mass is 257 g/mol. The van der Waals surface area contributed by atoms with E-state index in [9.17, 15) is 5.11 Å². The number of tetrazole rings is 1. The van der Waals surface area contributed by atoms with E-state index in [1.807, 2.05) is 4.68 Å². The number of aromatic nitrogens is 4. The molecule has 0 amide bonds. The standard InChI is InChI=1S/C10H19N5OS/c1-2-3-8(11)9(6-16)17-10-12-13-14-15(10)7-4-5-7/h7-9,16H,2-6,11H2,1H3. The maximum absolute atomic E-state index is 9.39. The van der Waals surface area contributed by atoms with E-state index in [4.69, 9.17) is 5.73 Å². The van der Waals surface area contributed by atoms with Crippen molar-refractivity contribution in [2.45, 2.75) is 55.1 Å². The second-order valence-corrected chi connectivity index (χ2v) is 5.63. The van der Waals surface area contributed by atoms with Gasteiger partial charge in [-0.25, -0.2) is 4.68 Å². The highest BCUT2D eigenvalue weighted by Crippen LogP contribution is 2.37. The van der Waals surface area contributed by atoms with Crippen LogP contribution >= 0.6 is 11.8 Å². The van der Waals surface area contributed by atoms with Gasteiger partial charge in [-0.1, -0.05) is 25.1 Å². The van der Waals surface area contributed by atoms with Gasteiger partial charge in [0.2, 0.25) is 5.16 Å². The van der Waals surface area contributed by atoms with Gasteiger partial charge in [-0.3, -0.25) is 0 Å². The molecule has 0 aromatic carbocycles. The molecule has 1 heterocycles. The Kier molecular flexibility index (Phi) is 4.36. The fourth-order valence-electron chi connectivity index (χ4n) is 1.73. The van der Waals surface area contributed by atoms with E-state index in [0.29, 0.717) is 6.04 Å². The van der Waals surface area contributed by atoms with Gasteiger partial charge in [0.05, 0.1) is 17.9 Å². The first kappa shape index (κ1) is 12.8. The maximum atomic E-state index is 9.39. The van der Waals surface area contributed by atoms with Gasteiger partial charge in [0.1, 0.15) is 0 Å². The van der Waals surface area contributed by atoms with Crippen LogP contribution in [-0.4, -0.2) is 43.2 Å². The van der Waals surface area contributed by atoms with Crippen molar-refractivity contribution in [2.75, 3.05) is 6.61 Å². The number of rotatable bonds is 7. The summed E-state index contributed by atoms with van der Waals surface area (Å²) in [7, 11) is 0. The zero-order chi connectivity index (χ0) is 12.3. The molecule has 1 aromatic rings. The quantitative estimate of drug-likeness (QED) is 0.695. The van der Waals surface area contributed by atoms with E-state index in [1.165, 1.54) is 11.8 Å². The number of nitrogens with two attached hydrogens (primary N) is 1. The molecule has 1 aliphatic rings. The second-order valence-electron chi connectivity index (χ2n) is 4.43. The summed E-state index contributed by atoms with van der Waals surface area (Å²) in [5.41, 5.74) is 6.04. The minimum absolute atomic E-state index is 0.0145. The molecule has 17 heavy (non-hydrogen) atoms. The third-order valence-electron chi connectivity index (χ3n) is 2.89. The lowest BCUT2D eigenvalue weighted by Gasteiger charge is -2.20. The Hall–Kier alpha value is -0.660. The molecule has 0 radical (unpaired) electrons. The average Bonchev–Trinajstić information content (AvgIpc) is 3.06. The van der Waals surface area contributed by atoms with Crippen molar-refractivity contribution < 1.29 is 5.11 Å². The molecule has 2 rings (SSSR count). The first-order valence-electron chi connectivity index (χ1n) is 6.07. The van der Waals surface area contributed by atoms with Gasteiger partial charge in [-0.05, 0) is 29.7 Å². The third kappa shape index (κ3) is 3.17. The zero-order valence-electron chi connectivity index (χ0n) is 9.99. The minimum Gasteiger partial charge on any atom is -0.395 e. The fourth-order valence-corrected chi connectivity index (χ4v) is 2.76. The van der Waals surface area contributed by atoms with Crippen LogP contribution in [0.3, 0.4) is 0 Å². The molecule has 1 fully saturated rings. The van der Waals surface area contributed by atoms with Crippen molar-refractivity contribution in [3.8, 4) is 0 Å². The van der Waals surface area contributed by atoms with Crippen LogP contribution in [0, 0.1) is 0 Å². The normalized spacial score (nSPS) is 19.2. The highest BCUT2D eigenvalue weighted by molar-refractivity contribution is 7.99. The summed E-state index contributed by atoms with van der Waals surface area (Å²) >= 11 is 1.49. The number of hydrogen-bond donors (Lipinski definition) is 2. The Morgan fingerprint density at radius 3 is 2.94 bits per heavy atom. The molecule has 7 heteroatoms. The maximum Gasteiger partial charge on any atom is 0.209 e. The lowest BCUT2D eigenvalue weighted by molar-refractivity contribution is 0.279. The summed E-state index contributed by atoms with van der Waals surface area (Å²) in [5, 5.41) is 21.8. The fraction of sp³-hybridized carbons (Fsp3) is 0.900. The van der Waals surface area contributed by atoms with Gasteiger partial charge < -0.3 is 10.8 Å². The summed E-state index contributed by atoms with van der Waals surface area (Å²) in [4.78, 5) is 0. The topological polar surface area (TPSA) is 89.8 Å².